The third kappa shape index (κ3) is 2.95. The highest BCUT2D eigenvalue weighted by molar-refractivity contribution is 6.31. The number of hydrogen-bond donors (Lipinski definition) is 1. The molecule has 0 saturated carbocycles. The van der Waals surface area contributed by atoms with E-state index >= 15 is 0 Å². The minimum absolute atomic E-state index is 0.443. The van der Waals surface area contributed by atoms with Crippen LogP contribution in [0.1, 0.15) is 5.56 Å². The fourth-order valence-electron chi connectivity index (χ4n) is 0.982. The average Bonchev–Trinajstić information content (AvgIpc) is 2.22. The maximum absolute atomic E-state index is 11.3. The maximum atomic E-state index is 11.3. The normalized spacial score (nSPS) is 9.53. The van der Waals surface area contributed by atoms with Gasteiger partial charge in [-0.15, -0.1) is 0 Å². The molecule has 0 heterocycles. The summed E-state index contributed by atoms with van der Waals surface area (Å²) in [5.74, 6) is 0. The highest BCUT2D eigenvalue weighted by atomic mass is 35.5. The van der Waals surface area contributed by atoms with Gasteiger partial charge in [0.2, 0.25) is 6.41 Å². The topological polar surface area (TPSA) is 49.4 Å². The van der Waals surface area contributed by atoms with Crippen molar-refractivity contribution in [2.45, 2.75) is 6.92 Å². The van der Waals surface area contributed by atoms with Crippen LogP contribution < -0.4 is 5.32 Å². The van der Waals surface area contributed by atoms with Crippen molar-refractivity contribution in [3.05, 3.63) is 28.8 Å². The van der Waals surface area contributed by atoms with Gasteiger partial charge < -0.3 is 5.32 Å². The lowest BCUT2D eigenvalue weighted by atomic mass is 10.2. The van der Waals surface area contributed by atoms with E-state index in [0.29, 0.717) is 17.1 Å². The van der Waals surface area contributed by atoms with Crippen LogP contribution in [0.15, 0.2) is 18.2 Å². The zero-order valence-corrected chi connectivity index (χ0v) is 9.21. The number of imide groups is 1. The van der Waals surface area contributed by atoms with Gasteiger partial charge in [-0.05, 0) is 30.7 Å². The number of urea groups is 1. The maximum Gasteiger partial charge on any atom is 0.328 e. The quantitative estimate of drug-likeness (QED) is 0.787. The van der Waals surface area contributed by atoms with E-state index in [-0.39, 0.29) is 0 Å². The van der Waals surface area contributed by atoms with E-state index in [0.717, 1.165) is 10.5 Å². The van der Waals surface area contributed by atoms with Crippen LogP contribution in [0.3, 0.4) is 0 Å². The molecule has 0 bridgehead atoms. The number of nitrogens with zero attached hydrogens (tertiary/aromatic N) is 1. The monoisotopic (exact) mass is 226 g/mol. The predicted octanol–water partition coefficient (Wildman–Crippen LogP) is 2.27. The van der Waals surface area contributed by atoms with Gasteiger partial charge in [-0.2, -0.15) is 0 Å². The Balaban J connectivity index is 2.77. The molecule has 0 radical (unpaired) electrons. The van der Waals surface area contributed by atoms with E-state index < -0.39 is 6.03 Å². The number of anilines is 1. The molecular formula is C10H11ClN2O2. The fourth-order valence-corrected chi connectivity index (χ4v) is 1.10. The van der Waals surface area contributed by atoms with Crippen molar-refractivity contribution in [3.63, 3.8) is 0 Å². The molecule has 1 N–H and O–H groups in total. The lowest BCUT2D eigenvalue weighted by molar-refractivity contribution is -0.114. The Labute approximate surface area is 92.8 Å². The Morgan fingerprint density at radius 2 is 2.20 bits per heavy atom. The first-order chi connectivity index (χ1) is 7.04. The summed E-state index contributed by atoms with van der Waals surface area (Å²) in [6.45, 7) is 1.83. The van der Waals surface area contributed by atoms with Gasteiger partial charge in [-0.3, -0.25) is 9.69 Å². The minimum atomic E-state index is -0.480. The number of amides is 3. The average molecular weight is 227 g/mol. The van der Waals surface area contributed by atoms with Gasteiger partial charge in [-0.25, -0.2) is 4.79 Å². The van der Waals surface area contributed by atoms with E-state index in [4.69, 9.17) is 11.6 Å². The molecule has 0 spiro atoms. The summed E-state index contributed by atoms with van der Waals surface area (Å²) in [6.07, 6.45) is 0.443. The third-order valence-corrected chi connectivity index (χ3v) is 2.31. The molecule has 0 aromatic heterocycles. The largest absolute Gasteiger partial charge is 0.328 e. The summed E-state index contributed by atoms with van der Waals surface area (Å²) in [5.41, 5.74) is 1.47. The van der Waals surface area contributed by atoms with Crippen molar-refractivity contribution < 1.29 is 9.59 Å². The van der Waals surface area contributed by atoms with E-state index in [1.54, 1.807) is 18.2 Å². The van der Waals surface area contributed by atoms with Gasteiger partial charge in [0.15, 0.2) is 0 Å². The Hall–Kier alpha value is -1.55. The Kier molecular flexibility index (Phi) is 3.68. The second-order valence-electron chi connectivity index (χ2n) is 3.11. The van der Waals surface area contributed by atoms with Crippen LogP contribution in [0.5, 0.6) is 0 Å². The zero-order valence-electron chi connectivity index (χ0n) is 8.45. The molecule has 0 aliphatic heterocycles. The Bertz CT molecular complexity index is 393. The Morgan fingerprint density at radius 3 is 2.73 bits per heavy atom. The second kappa shape index (κ2) is 4.79. The van der Waals surface area contributed by atoms with Crippen molar-refractivity contribution in [2.24, 2.45) is 0 Å². The summed E-state index contributed by atoms with van der Waals surface area (Å²) in [4.78, 5) is 22.5. The van der Waals surface area contributed by atoms with Crippen LogP contribution in [-0.2, 0) is 4.79 Å². The number of rotatable bonds is 2. The van der Waals surface area contributed by atoms with Gasteiger partial charge in [0.25, 0.3) is 0 Å². The van der Waals surface area contributed by atoms with E-state index in [9.17, 15) is 9.59 Å². The second-order valence-corrected chi connectivity index (χ2v) is 3.52. The molecule has 3 amide bonds. The Morgan fingerprint density at radius 1 is 1.53 bits per heavy atom. The van der Waals surface area contributed by atoms with Gasteiger partial charge in [0.1, 0.15) is 0 Å². The number of benzene rings is 1. The number of halogens is 1. The summed E-state index contributed by atoms with van der Waals surface area (Å²) >= 11 is 5.83. The van der Waals surface area contributed by atoms with E-state index in [1.807, 2.05) is 6.92 Å². The molecule has 0 aliphatic rings. The van der Waals surface area contributed by atoms with Gasteiger partial charge in [0, 0.05) is 17.8 Å². The zero-order chi connectivity index (χ0) is 11.4. The number of carbonyl (C=O) groups excluding carboxylic acids is 2. The van der Waals surface area contributed by atoms with E-state index in [1.165, 1.54) is 7.05 Å². The van der Waals surface area contributed by atoms with Crippen molar-refractivity contribution in [3.8, 4) is 0 Å². The number of carbonyl (C=O) groups is 2. The predicted molar refractivity (Wildman–Crippen MR) is 59.0 cm³/mol. The van der Waals surface area contributed by atoms with E-state index in [2.05, 4.69) is 5.32 Å². The highest BCUT2D eigenvalue weighted by Gasteiger charge is 2.07. The summed E-state index contributed by atoms with van der Waals surface area (Å²) in [6, 6.07) is 4.62. The van der Waals surface area contributed by atoms with Crippen LogP contribution >= 0.6 is 11.6 Å². The first-order valence-electron chi connectivity index (χ1n) is 4.30. The summed E-state index contributed by atoms with van der Waals surface area (Å²) < 4.78 is 0. The summed E-state index contributed by atoms with van der Waals surface area (Å²) in [5, 5.41) is 3.19. The van der Waals surface area contributed by atoms with Crippen molar-refractivity contribution >= 4 is 29.7 Å². The molecule has 1 aromatic carbocycles. The lowest BCUT2D eigenvalue weighted by Gasteiger charge is -2.11. The van der Waals surface area contributed by atoms with Crippen LogP contribution in [0, 0.1) is 6.92 Å². The molecule has 0 atom stereocenters. The van der Waals surface area contributed by atoms with Crippen molar-refractivity contribution in [1.82, 2.24) is 4.90 Å². The van der Waals surface area contributed by atoms with Crippen molar-refractivity contribution in [1.29, 1.82) is 0 Å². The highest BCUT2D eigenvalue weighted by Crippen LogP contribution is 2.19. The minimum Gasteiger partial charge on any atom is -0.307 e. The van der Waals surface area contributed by atoms with Gasteiger partial charge in [-0.1, -0.05) is 11.6 Å². The number of nitrogens with one attached hydrogen (secondary N) is 1. The molecule has 80 valence electrons. The first kappa shape index (κ1) is 11.5. The molecule has 1 aromatic rings. The SMILES string of the molecule is Cc1cc(NC(=O)N(C)C=O)ccc1Cl. The molecule has 4 nitrogen and oxygen atoms in total. The lowest BCUT2D eigenvalue weighted by Crippen LogP contribution is -2.29. The van der Waals surface area contributed by atoms with Crippen LogP contribution in [-0.4, -0.2) is 24.4 Å². The molecule has 0 fully saturated rings. The van der Waals surface area contributed by atoms with Crippen LogP contribution in [0.25, 0.3) is 0 Å². The first-order valence-corrected chi connectivity index (χ1v) is 4.67. The summed E-state index contributed by atoms with van der Waals surface area (Å²) in [7, 11) is 1.38. The smallest absolute Gasteiger partial charge is 0.307 e. The van der Waals surface area contributed by atoms with Crippen LogP contribution in [0.4, 0.5) is 10.5 Å². The number of aryl methyl sites for hydroxylation is 1. The molecule has 1 rings (SSSR count). The number of hydrogen-bond acceptors (Lipinski definition) is 2. The molecular weight excluding hydrogens is 216 g/mol. The third-order valence-electron chi connectivity index (χ3n) is 1.89. The molecule has 0 unspecified atom stereocenters. The molecule has 0 saturated heterocycles. The molecule has 5 heteroatoms. The standard InChI is InChI=1S/C10H11ClN2O2/c1-7-5-8(3-4-9(7)11)12-10(15)13(2)6-14/h3-6H,1-2H3,(H,12,15). The van der Waals surface area contributed by atoms with Gasteiger partial charge in [0.05, 0.1) is 0 Å². The molecule has 0 aliphatic carbocycles. The molecule has 15 heavy (non-hydrogen) atoms. The van der Waals surface area contributed by atoms with Crippen LogP contribution in [0.2, 0.25) is 5.02 Å². The van der Waals surface area contributed by atoms with Gasteiger partial charge >= 0.3 is 6.03 Å². The van der Waals surface area contributed by atoms with Crippen molar-refractivity contribution in [2.75, 3.05) is 12.4 Å². The fraction of sp³-hybridized carbons (Fsp3) is 0.200.